The molecule has 1 aliphatic carbocycles. The van der Waals surface area contributed by atoms with Gasteiger partial charge in [-0.1, -0.05) is 19.8 Å². The van der Waals surface area contributed by atoms with E-state index in [0.717, 1.165) is 35.7 Å². The summed E-state index contributed by atoms with van der Waals surface area (Å²) in [5, 5.41) is 0. The van der Waals surface area contributed by atoms with Crippen LogP contribution in [0.5, 0.6) is 0 Å². The molecule has 1 heterocycles. The molecule has 0 amide bonds. The molecule has 1 aromatic heterocycles. The normalized spacial score (nSPS) is 24.9. The monoisotopic (exact) mass is 233 g/mol. The molecule has 1 fully saturated rings. The Morgan fingerprint density at radius 3 is 2.12 bits per heavy atom. The fourth-order valence-electron chi connectivity index (χ4n) is 2.82. The largest absolute Gasteiger partial charge is 0.356 e. The SMILES string of the molecule is Cc1[nH]c(C(=O)C2CCC(C)CC2)c(C)c1C. The number of carbonyl (C=O) groups excluding carboxylic acids is 1. The predicted octanol–water partition coefficient (Wildman–Crippen LogP) is 3.95. The molecule has 1 saturated carbocycles. The molecule has 0 aromatic carbocycles. The lowest BCUT2D eigenvalue weighted by Crippen LogP contribution is -2.21. The molecule has 1 aromatic rings. The second-order valence-electron chi connectivity index (χ2n) is 5.70. The smallest absolute Gasteiger partial charge is 0.182 e. The van der Waals surface area contributed by atoms with Crippen molar-refractivity contribution in [3.63, 3.8) is 0 Å². The molecule has 0 bridgehead atoms. The Labute approximate surface area is 104 Å². The van der Waals surface area contributed by atoms with E-state index in [1.165, 1.54) is 18.4 Å². The molecule has 94 valence electrons. The number of hydrogen-bond acceptors (Lipinski definition) is 1. The number of aromatic amines is 1. The number of Topliss-reactive ketones (excluding diaryl/α,β-unsaturated/α-hetero) is 1. The van der Waals surface area contributed by atoms with E-state index in [4.69, 9.17) is 0 Å². The number of H-pyrrole nitrogens is 1. The number of ketones is 1. The molecule has 0 aliphatic heterocycles. The molecule has 17 heavy (non-hydrogen) atoms. The van der Waals surface area contributed by atoms with Crippen molar-refractivity contribution in [3.8, 4) is 0 Å². The van der Waals surface area contributed by atoms with Crippen LogP contribution in [-0.4, -0.2) is 10.8 Å². The van der Waals surface area contributed by atoms with E-state index in [1.807, 2.05) is 6.92 Å². The number of nitrogens with one attached hydrogen (secondary N) is 1. The summed E-state index contributed by atoms with van der Waals surface area (Å²) in [6.07, 6.45) is 4.54. The van der Waals surface area contributed by atoms with Crippen LogP contribution < -0.4 is 0 Å². The van der Waals surface area contributed by atoms with E-state index < -0.39 is 0 Å². The van der Waals surface area contributed by atoms with Gasteiger partial charge in [0.2, 0.25) is 0 Å². The average Bonchev–Trinajstić information content (AvgIpc) is 2.57. The highest BCUT2D eigenvalue weighted by Gasteiger charge is 2.27. The molecule has 0 atom stereocenters. The molecule has 2 rings (SSSR count). The van der Waals surface area contributed by atoms with E-state index in [0.29, 0.717) is 5.78 Å². The second-order valence-corrected chi connectivity index (χ2v) is 5.70. The van der Waals surface area contributed by atoms with Gasteiger partial charge in [0, 0.05) is 11.6 Å². The molecule has 0 radical (unpaired) electrons. The number of aromatic nitrogens is 1. The third kappa shape index (κ3) is 2.31. The van der Waals surface area contributed by atoms with Crippen LogP contribution in [0.2, 0.25) is 0 Å². The van der Waals surface area contributed by atoms with Gasteiger partial charge in [-0.15, -0.1) is 0 Å². The molecule has 2 nitrogen and oxygen atoms in total. The zero-order valence-corrected chi connectivity index (χ0v) is 11.4. The third-order valence-electron chi connectivity index (χ3n) is 4.45. The van der Waals surface area contributed by atoms with Crippen LogP contribution >= 0.6 is 0 Å². The van der Waals surface area contributed by atoms with Crippen molar-refractivity contribution >= 4 is 5.78 Å². The fraction of sp³-hybridized carbons (Fsp3) is 0.667. The Hall–Kier alpha value is -1.05. The van der Waals surface area contributed by atoms with Crippen LogP contribution in [-0.2, 0) is 0 Å². The summed E-state index contributed by atoms with van der Waals surface area (Å²) in [7, 11) is 0. The van der Waals surface area contributed by atoms with Crippen LogP contribution in [0.15, 0.2) is 0 Å². The first kappa shape index (κ1) is 12.4. The van der Waals surface area contributed by atoms with Crippen molar-refractivity contribution in [3.05, 3.63) is 22.5 Å². The topological polar surface area (TPSA) is 32.9 Å². The van der Waals surface area contributed by atoms with Crippen molar-refractivity contribution in [1.29, 1.82) is 0 Å². The van der Waals surface area contributed by atoms with Gasteiger partial charge in [-0.25, -0.2) is 0 Å². The number of carbonyl (C=O) groups is 1. The van der Waals surface area contributed by atoms with E-state index >= 15 is 0 Å². The van der Waals surface area contributed by atoms with Crippen LogP contribution in [0, 0.1) is 32.6 Å². The minimum Gasteiger partial charge on any atom is -0.356 e. The molecule has 1 N–H and O–H groups in total. The van der Waals surface area contributed by atoms with Gasteiger partial charge < -0.3 is 4.98 Å². The Bertz CT molecular complexity index is 422. The van der Waals surface area contributed by atoms with E-state index in [2.05, 4.69) is 25.8 Å². The molecule has 0 spiro atoms. The summed E-state index contributed by atoms with van der Waals surface area (Å²) in [5.74, 6) is 1.39. The average molecular weight is 233 g/mol. The first-order valence-electron chi connectivity index (χ1n) is 6.70. The lowest BCUT2D eigenvalue weighted by atomic mass is 9.80. The zero-order valence-electron chi connectivity index (χ0n) is 11.4. The summed E-state index contributed by atoms with van der Waals surface area (Å²) in [6.45, 7) is 8.47. The zero-order chi connectivity index (χ0) is 12.6. The summed E-state index contributed by atoms with van der Waals surface area (Å²) in [6, 6.07) is 0. The highest BCUT2D eigenvalue weighted by molar-refractivity contribution is 5.98. The molecular formula is C15H23NO. The molecule has 0 unspecified atom stereocenters. The van der Waals surface area contributed by atoms with Crippen molar-refractivity contribution < 1.29 is 4.79 Å². The maximum Gasteiger partial charge on any atom is 0.182 e. The van der Waals surface area contributed by atoms with Gasteiger partial charge in [-0.3, -0.25) is 4.79 Å². The number of aryl methyl sites for hydroxylation is 1. The maximum absolute atomic E-state index is 12.5. The molecular weight excluding hydrogens is 210 g/mol. The maximum atomic E-state index is 12.5. The Morgan fingerprint density at radius 1 is 1.06 bits per heavy atom. The van der Waals surface area contributed by atoms with Crippen LogP contribution in [0.3, 0.4) is 0 Å². The molecule has 0 saturated heterocycles. The van der Waals surface area contributed by atoms with Gasteiger partial charge in [0.25, 0.3) is 0 Å². The Morgan fingerprint density at radius 2 is 1.65 bits per heavy atom. The van der Waals surface area contributed by atoms with Crippen molar-refractivity contribution in [1.82, 2.24) is 4.98 Å². The van der Waals surface area contributed by atoms with Gasteiger partial charge in [0.05, 0.1) is 5.69 Å². The molecule has 1 aliphatic rings. The van der Waals surface area contributed by atoms with Crippen LogP contribution in [0.1, 0.15) is 59.9 Å². The second kappa shape index (κ2) is 4.67. The Balaban J connectivity index is 2.17. The summed E-state index contributed by atoms with van der Waals surface area (Å²) < 4.78 is 0. The minimum absolute atomic E-state index is 0.252. The van der Waals surface area contributed by atoms with E-state index in [-0.39, 0.29) is 5.92 Å². The standard InChI is InChI=1S/C15H23NO/c1-9-5-7-13(8-6-9)15(17)14-11(3)10(2)12(4)16-14/h9,13,16H,5-8H2,1-4H3. The lowest BCUT2D eigenvalue weighted by Gasteiger charge is -2.24. The minimum atomic E-state index is 0.252. The van der Waals surface area contributed by atoms with Crippen LogP contribution in [0.4, 0.5) is 0 Å². The van der Waals surface area contributed by atoms with Crippen LogP contribution in [0.25, 0.3) is 0 Å². The summed E-state index contributed by atoms with van der Waals surface area (Å²) >= 11 is 0. The fourth-order valence-corrected chi connectivity index (χ4v) is 2.82. The van der Waals surface area contributed by atoms with Crippen molar-refractivity contribution in [2.24, 2.45) is 11.8 Å². The van der Waals surface area contributed by atoms with E-state index in [1.54, 1.807) is 0 Å². The quantitative estimate of drug-likeness (QED) is 0.771. The first-order chi connectivity index (χ1) is 8.00. The van der Waals surface area contributed by atoms with Gasteiger partial charge in [0.15, 0.2) is 5.78 Å². The summed E-state index contributed by atoms with van der Waals surface area (Å²) in [4.78, 5) is 15.7. The number of hydrogen-bond donors (Lipinski definition) is 1. The van der Waals surface area contributed by atoms with Crippen molar-refractivity contribution in [2.75, 3.05) is 0 Å². The highest BCUT2D eigenvalue weighted by Crippen LogP contribution is 2.31. The highest BCUT2D eigenvalue weighted by atomic mass is 16.1. The van der Waals surface area contributed by atoms with Crippen molar-refractivity contribution in [2.45, 2.75) is 53.4 Å². The van der Waals surface area contributed by atoms with Gasteiger partial charge in [-0.2, -0.15) is 0 Å². The lowest BCUT2D eigenvalue weighted by molar-refractivity contribution is 0.0870. The van der Waals surface area contributed by atoms with E-state index in [9.17, 15) is 4.79 Å². The molecule has 2 heteroatoms. The van der Waals surface area contributed by atoms with Gasteiger partial charge in [0.1, 0.15) is 0 Å². The van der Waals surface area contributed by atoms with Gasteiger partial charge in [-0.05, 0) is 50.7 Å². The first-order valence-corrected chi connectivity index (χ1v) is 6.70. The third-order valence-corrected chi connectivity index (χ3v) is 4.45. The Kier molecular flexibility index (Phi) is 3.41. The van der Waals surface area contributed by atoms with Gasteiger partial charge >= 0.3 is 0 Å². The number of rotatable bonds is 2. The summed E-state index contributed by atoms with van der Waals surface area (Å²) in [5.41, 5.74) is 4.37. The predicted molar refractivity (Wildman–Crippen MR) is 70.5 cm³/mol.